The summed E-state index contributed by atoms with van der Waals surface area (Å²) in [5.41, 5.74) is 0. The van der Waals surface area contributed by atoms with Crippen LogP contribution in [0.25, 0.3) is 0 Å². The normalized spacial score (nSPS) is 36.9. The summed E-state index contributed by atoms with van der Waals surface area (Å²) in [6.45, 7) is 11.4. The standard InChI is InChI=1S/C14H29NO/c1-9(2)7-8-13(15-6)14-10(3)11(4)16-12(14)5/h9-15H,7-8H2,1-6H3. The van der Waals surface area contributed by atoms with Gasteiger partial charge in [-0.3, -0.25) is 0 Å². The number of ether oxygens (including phenoxy) is 1. The molecule has 0 bridgehead atoms. The van der Waals surface area contributed by atoms with E-state index in [1.165, 1.54) is 12.8 Å². The lowest BCUT2D eigenvalue weighted by Crippen LogP contribution is -2.40. The van der Waals surface area contributed by atoms with E-state index in [4.69, 9.17) is 4.74 Å². The Kier molecular flexibility index (Phi) is 5.26. The van der Waals surface area contributed by atoms with Gasteiger partial charge in [-0.1, -0.05) is 20.8 Å². The minimum Gasteiger partial charge on any atom is -0.375 e. The first-order chi connectivity index (χ1) is 7.47. The van der Waals surface area contributed by atoms with Gasteiger partial charge >= 0.3 is 0 Å². The number of hydrogen-bond donors (Lipinski definition) is 1. The molecule has 0 saturated carbocycles. The summed E-state index contributed by atoms with van der Waals surface area (Å²) in [5, 5.41) is 3.50. The van der Waals surface area contributed by atoms with Crippen molar-refractivity contribution in [2.24, 2.45) is 17.8 Å². The fourth-order valence-corrected chi connectivity index (χ4v) is 3.03. The van der Waals surface area contributed by atoms with Gasteiger partial charge in [0.1, 0.15) is 0 Å². The lowest BCUT2D eigenvalue weighted by Gasteiger charge is -2.29. The molecule has 0 aromatic rings. The minimum atomic E-state index is 0.398. The van der Waals surface area contributed by atoms with Crippen molar-refractivity contribution in [1.29, 1.82) is 0 Å². The molecule has 16 heavy (non-hydrogen) atoms. The Hall–Kier alpha value is -0.0800. The first-order valence-electron chi connectivity index (χ1n) is 6.80. The number of rotatable bonds is 5. The van der Waals surface area contributed by atoms with Crippen LogP contribution in [-0.2, 0) is 4.74 Å². The van der Waals surface area contributed by atoms with Gasteiger partial charge in [-0.05, 0) is 45.6 Å². The molecule has 0 radical (unpaired) electrons. The highest BCUT2D eigenvalue weighted by Crippen LogP contribution is 2.35. The molecule has 1 aliphatic heterocycles. The topological polar surface area (TPSA) is 21.3 Å². The van der Waals surface area contributed by atoms with Crippen molar-refractivity contribution in [2.75, 3.05) is 7.05 Å². The van der Waals surface area contributed by atoms with E-state index in [-0.39, 0.29) is 0 Å². The third kappa shape index (κ3) is 3.21. The molecular formula is C14H29NO. The smallest absolute Gasteiger partial charge is 0.0597 e. The zero-order chi connectivity index (χ0) is 12.3. The Balaban J connectivity index is 2.57. The summed E-state index contributed by atoms with van der Waals surface area (Å²) in [5.74, 6) is 2.12. The number of hydrogen-bond acceptors (Lipinski definition) is 2. The lowest BCUT2D eigenvalue weighted by molar-refractivity contribution is 0.0473. The van der Waals surface area contributed by atoms with Crippen molar-refractivity contribution >= 4 is 0 Å². The maximum atomic E-state index is 5.94. The van der Waals surface area contributed by atoms with Gasteiger partial charge in [0.25, 0.3) is 0 Å². The largest absolute Gasteiger partial charge is 0.375 e. The van der Waals surface area contributed by atoms with Crippen LogP contribution in [0.5, 0.6) is 0 Å². The molecule has 2 heteroatoms. The van der Waals surface area contributed by atoms with Crippen LogP contribution in [0.4, 0.5) is 0 Å². The second-order valence-corrected chi connectivity index (χ2v) is 5.85. The average Bonchev–Trinajstić information content (AvgIpc) is 2.45. The zero-order valence-corrected chi connectivity index (χ0v) is 11.8. The zero-order valence-electron chi connectivity index (χ0n) is 11.8. The Labute approximate surface area is 101 Å². The van der Waals surface area contributed by atoms with Crippen LogP contribution in [0, 0.1) is 17.8 Å². The van der Waals surface area contributed by atoms with Crippen molar-refractivity contribution in [3.8, 4) is 0 Å². The van der Waals surface area contributed by atoms with Crippen molar-refractivity contribution < 1.29 is 4.74 Å². The highest BCUT2D eigenvalue weighted by molar-refractivity contribution is 4.91. The second kappa shape index (κ2) is 6.02. The van der Waals surface area contributed by atoms with Crippen molar-refractivity contribution in [1.82, 2.24) is 5.32 Å². The summed E-state index contributed by atoms with van der Waals surface area (Å²) < 4.78 is 5.94. The lowest BCUT2D eigenvalue weighted by atomic mass is 9.81. The first-order valence-corrected chi connectivity index (χ1v) is 6.80. The molecular weight excluding hydrogens is 198 g/mol. The molecule has 0 aliphatic carbocycles. The van der Waals surface area contributed by atoms with E-state index in [1.54, 1.807) is 0 Å². The molecule has 5 unspecified atom stereocenters. The van der Waals surface area contributed by atoms with Gasteiger partial charge in [0.05, 0.1) is 12.2 Å². The summed E-state index contributed by atoms with van der Waals surface area (Å²) in [4.78, 5) is 0. The van der Waals surface area contributed by atoms with Crippen molar-refractivity contribution in [3.63, 3.8) is 0 Å². The van der Waals surface area contributed by atoms with Gasteiger partial charge in [0.2, 0.25) is 0 Å². The highest BCUT2D eigenvalue weighted by atomic mass is 16.5. The quantitative estimate of drug-likeness (QED) is 0.779. The maximum absolute atomic E-state index is 5.94. The molecule has 1 saturated heterocycles. The third-order valence-corrected chi connectivity index (χ3v) is 4.21. The van der Waals surface area contributed by atoms with Gasteiger partial charge in [-0.15, -0.1) is 0 Å². The van der Waals surface area contributed by atoms with Crippen LogP contribution in [0.3, 0.4) is 0 Å². The second-order valence-electron chi connectivity index (χ2n) is 5.85. The summed E-state index contributed by atoms with van der Waals surface area (Å²) in [7, 11) is 2.09. The molecule has 0 aromatic heterocycles. The van der Waals surface area contributed by atoms with Gasteiger partial charge < -0.3 is 10.1 Å². The minimum absolute atomic E-state index is 0.398. The molecule has 1 aliphatic rings. The van der Waals surface area contributed by atoms with E-state index < -0.39 is 0 Å². The van der Waals surface area contributed by atoms with Crippen molar-refractivity contribution in [2.45, 2.75) is 65.7 Å². The Morgan fingerprint density at radius 3 is 2.06 bits per heavy atom. The fraction of sp³-hybridized carbons (Fsp3) is 1.00. The number of nitrogens with one attached hydrogen (secondary N) is 1. The first kappa shape index (κ1) is 14.0. The van der Waals surface area contributed by atoms with E-state index in [9.17, 15) is 0 Å². The Bertz CT molecular complexity index is 205. The SMILES string of the molecule is CNC(CCC(C)C)C1C(C)OC(C)C1C. The van der Waals surface area contributed by atoms with E-state index in [1.807, 2.05) is 0 Å². The van der Waals surface area contributed by atoms with Crippen LogP contribution in [0.15, 0.2) is 0 Å². The molecule has 5 atom stereocenters. The molecule has 96 valence electrons. The highest BCUT2D eigenvalue weighted by Gasteiger charge is 2.40. The summed E-state index contributed by atoms with van der Waals surface area (Å²) in [6.07, 6.45) is 3.38. The molecule has 1 rings (SSSR count). The van der Waals surface area contributed by atoms with Gasteiger partial charge in [-0.2, -0.15) is 0 Å². The van der Waals surface area contributed by atoms with E-state index in [0.717, 1.165) is 5.92 Å². The third-order valence-electron chi connectivity index (χ3n) is 4.21. The molecule has 0 amide bonds. The monoisotopic (exact) mass is 227 g/mol. The Morgan fingerprint density at radius 2 is 1.69 bits per heavy atom. The van der Waals surface area contributed by atoms with Gasteiger partial charge in [0, 0.05) is 12.0 Å². The van der Waals surface area contributed by atoms with Gasteiger partial charge in [-0.25, -0.2) is 0 Å². The van der Waals surface area contributed by atoms with Crippen LogP contribution >= 0.6 is 0 Å². The molecule has 0 spiro atoms. The molecule has 2 nitrogen and oxygen atoms in total. The molecule has 1 fully saturated rings. The average molecular weight is 227 g/mol. The molecule has 0 aromatic carbocycles. The van der Waals surface area contributed by atoms with Crippen LogP contribution in [-0.4, -0.2) is 25.3 Å². The summed E-state index contributed by atoms with van der Waals surface area (Å²) in [6, 6.07) is 0.609. The van der Waals surface area contributed by atoms with E-state index >= 15 is 0 Å². The predicted molar refractivity (Wildman–Crippen MR) is 69.6 cm³/mol. The summed E-state index contributed by atoms with van der Waals surface area (Å²) >= 11 is 0. The van der Waals surface area contributed by atoms with Gasteiger partial charge in [0.15, 0.2) is 0 Å². The predicted octanol–water partition coefficient (Wildman–Crippen LogP) is 3.07. The van der Waals surface area contributed by atoms with E-state index in [2.05, 4.69) is 47.0 Å². The van der Waals surface area contributed by atoms with Crippen LogP contribution in [0.2, 0.25) is 0 Å². The van der Waals surface area contributed by atoms with Crippen LogP contribution < -0.4 is 5.32 Å². The molecule has 1 heterocycles. The van der Waals surface area contributed by atoms with Crippen molar-refractivity contribution in [3.05, 3.63) is 0 Å². The fourth-order valence-electron chi connectivity index (χ4n) is 3.03. The van der Waals surface area contributed by atoms with E-state index in [0.29, 0.717) is 30.1 Å². The Morgan fingerprint density at radius 1 is 1.06 bits per heavy atom. The molecule has 1 N–H and O–H groups in total. The maximum Gasteiger partial charge on any atom is 0.0597 e. The van der Waals surface area contributed by atoms with Crippen LogP contribution in [0.1, 0.15) is 47.5 Å².